The molecule has 3 aromatic rings. The third-order valence-electron chi connectivity index (χ3n) is 3.68. The molecule has 4 rings (SSSR count). The van der Waals surface area contributed by atoms with Gasteiger partial charge in [0.15, 0.2) is 12.1 Å². The number of nitrogens with two attached hydrogens (primary N) is 1. The summed E-state index contributed by atoms with van der Waals surface area (Å²) in [7, 11) is 0. The zero-order valence-electron chi connectivity index (χ0n) is 11.7. The normalized spacial score (nSPS) is 16.8. The molecule has 0 saturated heterocycles. The number of hydrogen-bond acceptors (Lipinski definition) is 5. The molecule has 4 N–H and O–H groups in total. The number of aromatic nitrogens is 2. The van der Waals surface area contributed by atoms with Crippen molar-refractivity contribution in [2.45, 2.75) is 6.17 Å². The number of halogens is 2. The molecule has 1 aromatic heterocycles. The second-order valence-corrected chi connectivity index (χ2v) is 6.42. The minimum atomic E-state index is -0.561. The van der Waals surface area contributed by atoms with Crippen LogP contribution in [0.2, 0.25) is 5.02 Å². The first-order valence-corrected chi connectivity index (χ1v) is 7.97. The van der Waals surface area contributed by atoms with Gasteiger partial charge < -0.3 is 10.8 Å². The van der Waals surface area contributed by atoms with Crippen LogP contribution in [0.3, 0.4) is 0 Å². The topological polar surface area (TPSA) is 88.5 Å². The number of guanidine groups is 1. The number of aromatic hydroxyl groups is 1. The zero-order chi connectivity index (χ0) is 16.1. The number of benzene rings is 2. The highest BCUT2D eigenvalue weighted by molar-refractivity contribution is 9.10. The third-order valence-corrected chi connectivity index (χ3v) is 4.50. The molecule has 0 unspecified atom stereocenters. The van der Waals surface area contributed by atoms with Crippen molar-refractivity contribution in [3.63, 3.8) is 0 Å². The quantitative estimate of drug-likeness (QED) is 0.592. The van der Waals surface area contributed by atoms with E-state index in [0.717, 1.165) is 11.0 Å². The first kappa shape index (κ1) is 14.3. The van der Waals surface area contributed by atoms with E-state index in [-0.39, 0.29) is 11.7 Å². The molecule has 116 valence electrons. The Morgan fingerprint density at radius 1 is 1.30 bits per heavy atom. The van der Waals surface area contributed by atoms with Gasteiger partial charge in [-0.05, 0) is 40.2 Å². The zero-order valence-corrected chi connectivity index (χ0v) is 14.0. The molecule has 1 aliphatic heterocycles. The van der Waals surface area contributed by atoms with Gasteiger partial charge in [-0.2, -0.15) is 0 Å². The van der Waals surface area contributed by atoms with E-state index in [2.05, 4.69) is 31.2 Å². The van der Waals surface area contributed by atoms with Crippen LogP contribution in [0, 0.1) is 0 Å². The third kappa shape index (κ3) is 2.24. The predicted octanol–water partition coefficient (Wildman–Crippen LogP) is 3.44. The lowest BCUT2D eigenvalue weighted by atomic mass is 10.1. The van der Waals surface area contributed by atoms with Crippen molar-refractivity contribution in [1.82, 2.24) is 9.55 Å². The van der Waals surface area contributed by atoms with E-state index in [1.807, 2.05) is 28.8 Å². The number of anilines is 1. The van der Waals surface area contributed by atoms with Gasteiger partial charge in [0, 0.05) is 10.6 Å². The second kappa shape index (κ2) is 5.14. The fourth-order valence-electron chi connectivity index (χ4n) is 2.71. The van der Waals surface area contributed by atoms with Crippen LogP contribution in [0.4, 0.5) is 5.95 Å². The van der Waals surface area contributed by atoms with Crippen molar-refractivity contribution in [1.29, 1.82) is 0 Å². The maximum absolute atomic E-state index is 10.4. The number of nitrogens with one attached hydrogen (secondary N) is 1. The Kier molecular flexibility index (Phi) is 3.21. The summed E-state index contributed by atoms with van der Waals surface area (Å²) in [6.45, 7) is 0. The van der Waals surface area contributed by atoms with Gasteiger partial charge in [-0.25, -0.2) is 9.98 Å². The smallest absolute Gasteiger partial charge is 0.212 e. The lowest BCUT2D eigenvalue weighted by molar-refractivity contribution is 0.452. The van der Waals surface area contributed by atoms with Crippen LogP contribution in [-0.4, -0.2) is 20.6 Å². The summed E-state index contributed by atoms with van der Waals surface area (Å²) < 4.78 is 2.38. The molecule has 0 amide bonds. The van der Waals surface area contributed by atoms with Crippen LogP contribution >= 0.6 is 27.5 Å². The van der Waals surface area contributed by atoms with Crippen molar-refractivity contribution in [3.05, 3.63) is 51.5 Å². The highest BCUT2D eigenvalue weighted by Crippen LogP contribution is 2.40. The molecule has 0 fully saturated rings. The minimum absolute atomic E-state index is 0.0709. The number of rotatable bonds is 1. The summed E-state index contributed by atoms with van der Waals surface area (Å²) in [5, 5.41) is 13.9. The van der Waals surface area contributed by atoms with E-state index in [4.69, 9.17) is 17.3 Å². The highest BCUT2D eigenvalue weighted by Gasteiger charge is 2.27. The summed E-state index contributed by atoms with van der Waals surface area (Å²) in [5.74, 6) is 0.870. The molecule has 6 nitrogen and oxygen atoms in total. The molecular weight excluding hydrogens is 382 g/mol. The Hall–Kier alpha value is -2.25. The van der Waals surface area contributed by atoms with Gasteiger partial charge in [0.05, 0.1) is 15.5 Å². The SMILES string of the molecule is NC1=N[C@@H](c2cc(Cl)cc(Br)c2O)n2c(nc3ccccc32)N1. The first-order chi connectivity index (χ1) is 11.0. The number of phenolic OH excluding ortho intramolecular Hbond substituents is 1. The van der Waals surface area contributed by atoms with Crippen LogP contribution in [0.25, 0.3) is 11.0 Å². The first-order valence-electron chi connectivity index (χ1n) is 6.80. The van der Waals surface area contributed by atoms with Gasteiger partial charge in [-0.3, -0.25) is 9.88 Å². The molecule has 0 aliphatic carbocycles. The molecular formula is C15H11BrClN5O. The van der Waals surface area contributed by atoms with Crippen LogP contribution < -0.4 is 11.1 Å². The number of fused-ring (bicyclic) bond motifs is 3. The van der Waals surface area contributed by atoms with Gasteiger partial charge in [0.2, 0.25) is 5.95 Å². The predicted molar refractivity (Wildman–Crippen MR) is 93.9 cm³/mol. The van der Waals surface area contributed by atoms with Gasteiger partial charge in [-0.15, -0.1) is 0 Å². The fourth-order valence-corrected chi connectivity index (χ4v) is 3.54. The average Bonchev–Trinajstić information content (AvgIpc) is 2.88. The van der Waals surface area contributed by atoms with E-state index >= 15 is 0 Å². The van der Waals surface area contributed by atoms with Crippen molar-refractivity contribution < 1.29 is 5.11 Å². The number of nitrogens with zero attached hydrogens (tertiary/aromatic N) is 3. The number of aliphatic imine (C=N–C) groups is 1. The summed E-state index contributed by atoms with van der Waals surface area (Å²) in [6, 6.07) is 11.0. The van der Waals surface area contributed by atoms with E-state index in [1.165, 1.54) is 0 Å². The van der Waals surface area contributed by atoms with Gasteiger partial charge in [-0.1, -0.05) is 23.7 Å². The Morgan fingerprint density at radius 3 is 2.91 bits per heavy atom. The summed E-state index contributed by atoms with van der Waals surface area (Å²) >= 11 is 9.44. The highest BCUT2D eigenvalue weighted by atomic mass is 79.9. The van der Waals surface area contributed by atoms with E-state index < -0.39 is 6.17 Å². The van der Waals surface area contributed by atoms with E-state index in [0.29, 0.717) is 21.0 Å². The number of hydrogen-bond donors (Lipinski definition) is 3. The molecule has 8 heteroatoms. The minimum Gasteiger partial charge on any atom is -0.506 e. The lowest BCUT2D eigenvalue weighted by Crippen LogP contribution is -2.31. The molecule has 1 aliphatic rings. The lowest BCUT2D eigenvalue weighted by Gasteiger charge is -2.24. The molecule has 2 aromatic carbocycles. The molecule has 1 atom stereocenters. The van der Waals surface area contributed by atoms with Crippen LogP contribution in [-0.2, 0) is 0 Å². The average molecular weight is 393 g/mol. The molecule has 23 heavy (non-hydrogen) atoms. The number of imidazole rings is 1. The van der Waals surface area contributed by atoms with Crippen LogP contribution in [0.15, 0.2) is 45.9 Å². The van der Waals surface area contributed by atoms with E-state index in [9.17, 15) is 5.11 Å². The Labute approximate surface area is 144 Å². The van der Waals surface area contributed by atoms with Crippen molar-refractivity contribution in [2.75, 3.05) is 5.32 Å². The Morgan fingerprint density at radius 2 is 2.09 bits per heavy atom. The molecule has 0 radical (unpaired) electrons. The van der Waals surface area contributed by atoms with Crippen LogP contribution in [0.5, 0.6) is 5.75 Å². The summed E-state index contributed by atoms with van der Waals surface area (Å²) in [5.41, 5.74) is 8.12. The maximum Gasteiger partial charge on any atom is 0.212 e. The standard InChI is InChI=1S/C15H11BrClN5O/c16-9-6-7(17)5-8(12(9)23)13-20-14(18)21-15-19-10-3-1-2-4-11(10)22(13)15/h1-6,13,23H,(H3,18,19,20,21)/t13-/m1/s1. The fraction of sp³-hybridized carbons (Fsp3) is 0.0667. The Balaban J connectivity index is 2.01. The van der Waals surface area contributed by atoms with Crippen molar-refractivity contribution >= 4 is 50.5 Å². The molecule has 0 spiro atoms. The van der Waals surface area contributed by atoms with Crippen molar-refractivity contribution in [3.8, 4) is 5.75 Å². The maximum atomic E-state index is 10.4. The number of phenols is 1. The molecule has 0 bridgehead atoms. The summed E-state index contributed by atoms with van der Waals surface area (Å²) in [6.07, 6.45) is -0.561. The monoisotopic (exact) mass is 391 g/mol. The van der Waals surface area contributed by atoms with Gasteiger partial charge in [0.25, 0.3) is 0 Å². The van der Waals surface area contributed by atoms with Gasteiger partial charge >= 0.3 is 0 Å². The largest absolute Gasteiger partial charge is 0.506 e. The number of para-hydroxylation sites is 2. The van der Waals surface area contributed by atoms with E-state index in [1.54, 1.807) is 12.1 Å². The molecule has 0 saturated carbocycles. The van der Waals surface area contributed by atoms with Crippen molar-refractivity contribution in [2.24, 2.45) is 10.7 Å². The second-order valence-electron chi connectivity index (χ2n) is 5.13. The van der Waals surface area contributed by atoms with Crippen LogP contribution in [0.1, 0.15) is 11.7 Å². The van der Waals surface area contributed by atoms with Gasteiger partial charge in [0.1, 0.15) is 5.75 Å². The summed E-state index contributed by atoms with van der Waals surface area (Å²) in [4.78, 5) is 8.94. The molecule has 2 heterocycles. The Bertz CT molecular complexity index is 968.